The Bertz CT molecular complexity index is 1250. The molecule has 0 saturated carbocycles. The summed E-state index contributed by atoms with van der Waals surface area (Å²) in [4.78, 5) is 33.0. The van der Waals surface area contributed by atoms with E-state index < -0.39 is 17.5 Å². The van der Waals surface area contributed by atoms with Crippen molar-refractivity contribution in [1.29, 1.82) is 0 Å². The second-order valence-corrected chi connectivity index (χ2v) is 6.76. The van der Waals surface area contributed by atoms with Crippen LogP contribution in [0.15, 0.2) is 59.0 Å². The van der Waals surface area contributed by atoms with Crippen LogP contribution in [0.25, 0.3) is 22.2 Å². The van der Waals surface area contributed by atoms with Gasteiger partial charge in [-0.15, -0.1) is 11.3 Å². The average Bonchev–Trinajstić information content (AvgIpc) is 3.14. The van der Waals surface area contributed by atoms with E-state index in [1.54, 1.807) is 24.3 Å². The lowest BCUT2D eigenvalue weighted by molar-refractivity contribution is -0.116. The zero-order valence-electron chi connectivity index (χ0n) is 14.2. The van der Waals surface area contributed by atoms with Gasteiger partial charge in [0, 0.05) is 10.9 Å². The van der Waals surface area contributed by atoms with E-state index >= 15 is 0 Å². The molecule has 0 spiro atoms. The van der Waals surface area contributed by atoms with Gasteiger partial charge in [0.25, 0.3) is 5.56 Å². The molecule has 0 unspecified atom stereocenters. The summed E-state index contributed by atoms with van der Waals surface area (Å²) in [5.41, 5.74) is 0.432. The fourth-order valence-corrected chi connectivity index (χ4v) is 3.41. The van der Waals surface area contributed by atoms with Gasteiger partial charge in [0.2, 0.25) is 5.91 Å². The van der Waals surface area contributed by atoms with Crippen molar-refractivity contribution in [3.8, 4) is 11.3 Å². The molecule has 0 aliphatic carbocycles. The van der Waals surface area contributed by atoms with Crippen LogP contribution in [0.4, 0.5) is 13.9 Å². The van der Waals surface area contributed by atoms with E-state index in [4.69, 9.17) is 0 Å². The number of benzene rings is 2. The molecule has 1 N–H and O–H groups in total. The molecule has 140 valence electrons. The second-order valence-electron chi connectivity index (χ2n) is 5.91. The van der Waals surface area contributed by atoms with Gasteiger partial charge in [0.15, 0.2) is 5.13 Å². The first kappa shape index (κ1) is 17.9. The zero-order valence-corrected chi connectivity index (χ0v) is 15.0. The maximum absolute atomic E-state index is 13.9. The number of thiazole rings is 1. The van der Waals surface area contributed by atoms with Crippen LogP contribution in [0.3, 0.4) is 0 Å². The maximum Gasteiger partial charge on any atom is 0.261 e. The summed E-state index contributed by atoms with van der Waals surface area (Å²) in [5, 5.41) is 4.69. The normalized spacial score (nSPS) is 10.9. The molecular formula is C19H12F2N4O2S. The molecule has 1 amide bonds. The molecule has 2 aromatic heterocycles. The number of fused-ring (bicyclic) bond motifs is 1. The van der Waals surface area contributed by atoms with E-state index in [9.17, 15) is 18.4 Å². The van der Waals surface area contributed by atoms with Crippen LogP contribution >= 0.6 is 11.3 Å². The number of nitrogens with zero attached hydrogens (tertiary/aromatic N) is 3. The first-order valence-electron chi connectivity index (χ1n) is 8.16. The van der Waals surface area contributed by atoms with Crippen LogP contribution < -0.4 is 10.9 Å². The molecule has 2 aromatic carbocycles. The first-order chi connectivity index (χ1) is 13.5. The van der Waals surface area contributed by atoms with Crippen molar-refractivity contribution >= 4 is 33.3 Å². The number of hydrogen-bond donors (Lipinski definition) is 1. The van der Waals surface area contributed by atoms with Gasteiger partial charge >= 0.3 is 0 Å². The highest BCUT2D eigenvalue weighted by Gasteiger charge is 2.13. The number of rotatable bonds is 4. The van der Waals surface area contributed by atoms with Gasteiger partial charge in [-0.05, 0) is 30.3 Å². The van der Waals surface area contributed by atoms with Crippen LogP contribution in [0.5, 0.6) is 0 Å². The molecule has 0 aliphatic heterocycles. The largest absolute Gasteiger partial charge is 0.300 e. The van der Waals surface area contributed by atoms with E-state index in [1.807, 2.05) is 0 Å². The summed E-state index contributed by atoms with van der Waals surface area (Å²) < 4.78 is 28.4. The van der Waals surface area contributed by atoms with Crippen molar-refractivity contribution in [3.63, 3.8) is 0 Å². The molecule has 9 heteroatoms. The highest BCUT2D eigenvalue weighted by Crippen LogP contribution is 2.27. The minimum atomic E-state index is -0.613. The number of halogens is 2. The van der Waals surface area contributed by atoms with Crippen LogP contribution in [0.2, 0.25) is 0 Å². The smallest absolute Gasteiger partial charge is 0.261 e. The molecule has 2 heterocycles. The molecule has 6 nitrogen and oxygen atoms in total. The Labute approximate surface area is 161 Å². The Hall–Kier alpha value is -3.46. The third-order valence-electron chi connectivity index (χ3n) is 4.00. The number of hydrogen-bond acceptors (Lipinski definition) is 5. The average molecular weight is 398 g/mol. The lowest BCUT2D eigenvalue weighted by Crippen LogP contribution is -2.27. The fourth-order valence-electron chi connectivity index (χ4n) is 2.68. The minimum absolute atomic E-state index is 0.00620. The third kappa shape index (κ3) is 3.52. The van der Waals surface area contributed by atoms with Gasteiger partial charge in [-0.3, -0.25) is 14.2 Å². The molecule has 4 aromatic rings. The number of carbonyl (C=O) groups is 1. The number of carbonyl (C=O) groups excluding carboxylic acids is 1. The lowest BCUT2D eigenvalue weighted by Gasteiger charge is -2.06. The van der Waals surface area contributed by atoms with Gasteiger partial charge in [-0.2, -0.15) is 0 Å². The Morgan fingerprint density at radius 2 is 2.00 bits per heavy atom. The third-order valence-corrected chi connectivity index (χ3v) is 4.76. The zero-order chi connectivity index (χ0) is 19.7. The molecule has 0 fully saturated rings. The molecule has 0 atom stereocenters. The topological polar surface area (TPSA) is 76.9 Å². The fraction of sp³-hybridized carbons (Fsp3) is 0.0526. The van der Waals surface area contributed by atoms with Crippen LogP contribution in [0, 0.1) is 11.6 Å². The molecule has 28 heavy (non-hydrogen) atoms. The molecule has 0 bridgehead atoms. The number of aromatic nitrogens is 3. The van der Waals surface area contributed by atoms with Crippen molar-refractivity contribution in [1.82, 2.24) is 14.5 Å². The second kappa shape index (κ2) is 7.28. The van der Waals surface area contributed by atoms with Crippen LogP contribution in [0.1, 0.15) is 0 Å². The predicted molar refractivity (Wildman–Crippen MR) is 102 cm³/mol. The number of nitrogens with one attached hydrogen (secondary N) is 1. The predicted octanol–water partition coefficient (Wildman–Crippen LogP) is 3.44. The number of amides is 1. The standard InChI is InChI=1S/C19H12F2N4O2S/c20-11-5-6-14(21)13(7-11)16-9-28-19(23-16)24-17(26)8-25-10-22-15-4-2-1-3-12(15)18(25)27/h1-7,9-10H,8H2,(H,23,24,26). The van der Waals surface area contributed by atoms with E-state index in [1.165, 1.54) is 16.3 Å². The van der Waals surface area contributed by atoms with Gasteiger partial charge in [-0.25, -0.2) is 18.7 Å². The van der Waals surface area contributed by atoms with Crippen molar-refractivity contribution in [2.24, 2.45) is 0 Å². The molecule has 0 radical (unpaired) electrons. The van der Waals surface area contributed by atoms with Gasteiger partial charge in [0.1, 0.15) is 18.2 Å². The SMILES string of the molecule is O=C(Cn1cnc2ccccc2c1=O)Nc1nc(-c2cc(F)ccc2F)cs1. The van der Waals surface area contributed by atoms with Gasteiger partial charge < -0.3 is 5.32 Å². The quantitative estimate of drug-likeness (QED) is 0.571. The van der Waals surface area contributed by atoms with E-state index in [0.717, 1.165) is 29.5 Å². The molecule has 0 aliphatic rings. The van der Waals surface area contributed by atoms with Gasteiger partial charge in [-0.1, -0.05) is 12.1 Å². The van der Waals surface area contributed by atoms with Crippen molar-refractivity contribution in [3.05, 3.63) is 76.2 Å². The summed E-state index contributed by atoms with van der Waals surface area (Å²) in [6.07, 6.45) is 1.31. The Morgan fingerprint density at radius 1 is 1.18 bits per heavy atom. The van der Waals surface area contributed by atoms with E-state index in [0.29, 0.717) is 10.9 Å². The molecular weight excluding hydrogens is 386 g/mol. The molecule has 0 saturated heterocycles. The van der Waals surface area contributed by atoms with Gasteiger partial charge in [0.05, 0.1) is 22.9 Å². The van der Waals surface area contributed by atoms with Crippen LogP contribution in [-0.4, -0.2) is 20.4 Å². The summed E-state index contributed by atoms with van der Waals surface area (Å²) in [5.74, 6) is -1.68. The lowest BCUT2D eigenvalue weighted by atomic mass is 10.1. The maximum atomic E-state index is 13.9. The van der Waals surface area contributed by atoms with Crippen molar-refractivity contribution in [2.75, 3.05) is 5.32 Å². The summed E-state index contributed by atoms with van der Waals surface area (Å²) in [6, 6.07) is 9.91. The highest BCUT2D eigenvalue weighted by atomic mass is 32.1. The number of para-hydroxylation sites is 1. The highest BCUT2D eigenvalue weighted by molar-refractivity contribution is 7.14. The van der Waals surface area contributed by atoms with E-state index in [2.05, 4.69) is 15.3 Å². The first-order valence-corrected chi connectivity index (χ1v) is 9.04. The Balaban J connectivity index is 1.52. The Kier molecular flexibility index (Phi) is 4.66. The minimum Gasteiger partial charge on any atom is -0.300 e. The van der Waals surface area contributed by atoms with Crippen LogP contribution in [-0.2, 0) is 11.3 Å². The summed E-state index contributed by atoms with van der Waals surface area (Å²) >= 11 is 1.07. The Morgan fingerprint density at radius 3 is 2.86 bits per heavy atom. The summed E-state index contributed by atoms with van der Waals surface area (Å²) in [7, 11) is 0. The van der Waals surface area contributed by atoms with E-state index in [-0.39, 0.29) is 28.5 Å². The van der Waals surface area contributed by atoms with Crippen molar-refractivity contribution in [2.45, 2.75) is 6.54 Å². The molecule has 4 rings (SSSR count). The van der Waals surface area contributed by atoms with Crippen molar-refractivity contribution < 1.29 is 13.6 Å². The summed E-state index contributed by atoms with van der Waals surface area (Å²) in [6.45, 7) is -0.250. The monoisotopic (exact) mass is 398 g/mol. The number of anilines is 1.